The molecular weight excluding hydrogens is 981 g/mol. The Hall–Kier alpha value is -2.46. The normalized spacial score (nSPS) is 19.1. The van der Waals surface area contributed by atoms with Crippen molar-refractivity contribution in [1.82, 2.24) is 0 Å². The van der Waals surface area contributed by atoms with Crippen LogP contribution in [0.1, 0.15) is 258 Å². The van der Waals surface area contributed by atoms with Crippen LogP contribution >= 0.6 is 0 Å². The molecule has 0 radical (unpaired) electrons. The molecule has 1 saturated heterocycles. The van der Waals surface area contributed by atoms with E-state index in [1.807, 2.05) is 0 Å². The summed E-state index contributed by atoms with van der Waals surface area (Å²) in [5.41, 5.74) is 0. The van der Waals surface area contributed by atoms with Gasteiger partial charge in [0.2, 0.25) is 0 Å². The molecule has 0 aromatic rings. The summed E-state index contributed by atoms with van der Waals surface area (Å²) in [7, 11) is -5.07. The van der Waals surface area contributed by atoms with Crippen LogP contribution < -0.4 is 0 Å². The van der Waals surface area contributed by atoms with E-state index < -0.39 is 59.8 Å². The van der Waals surface area contributed by atoms with Gasteiger partial charge < -0.3 is 34.3 Å². The third-order valence-corrected chi connectivity index (χ3v) is 14.3. The fourth-order valence-corrected chi connectivity index (χ4v) is 9.73. The van der Waals surface area contributed by atoms with Crippen LogP contribution in [0.15, 0.2) is 72.9 Å². The van der Waals surface area contributed by atoms with Crippen molar-refractivity contribution in [3.63, 3.8) is 0 Å². The summed E-state index contributed by atoms with van der Waals surface area (Å²) in [5.74, 6) is -0.404. The number of aliphatic hydroxyl groups is 3. The van der Waals surface area contributed by atoms with Crippen LogP contribution in [0.25, 0.3) is 0 Å². The van der Waals surface area contributed by atoms with E-state index in [0.29, 0.717) is 13.0 Å². The Morgan fingerprint density at radius 1 is 0.513 bits per heavy atom. The average molecular weight is 1090 g/mol. The Morgan fingerprint density at radius 2 is 0.908 bits per heavy atom. The van der Waals surface area contributed by atoms with Crippen LogP contribution in [0.2, 0.25) is 0 Å². The van der Waals surface area contributed by atoms with E-state index in [1.54, 1.807) is 0 Å². The van der Waals surface area contributed by atoms with E-state index >= 15 is 0 Å². The lowest BCUT2D eigenvalue weighted by molar-refractivity contribution is -0.301. The molecule has 76 heavy (non-hydrogen) atoms. The Kier molecular flexibility index (Phi) is 50.1. The van der Waals surface area contributed by atoms with Gasteiger partial charge in [-0.25, -0.2) is 4.18 Å². The van der Waals surface area contributed by atoms with Gasteiger partial charge in [-0.15, -0.1) is 0 Å². The van der Waals surface area contributed by atoms with Crippen LogP contribution in [0.3, 0.4) is 0 Å². The molecule has 12 nitrogen and oxygen atoms in total. The maximum Gasteiger partial charge on any atom is 0.397 e. The van der Waals surface area contributed by atoms with Crippen LogP contribution in [-0.4, -0.2) is 97.5 Å². The first-order valence-corrected chi connectivity index (χ1v) is 32.1. The van der Waals surface area contributed by atoms with Gasteiger partial charge in [-0.05, 0) is 83.5 Å². The largest absolute Gasteiger partial charge is 0.457 e. The van der Waals surface area contributed by atoms with Gasteiger partial charge in [-0.1, -0.05) is 241 Å². The van der Waals surface area contributed by atoms with Gasteiger partial charge >= 0.3 is 16.4 Å². The first-order valence-electron chi connectivity index (χ1n) is 30.7. The molecule has 0 aromatic heterocycles. The zero-order valence-electron chi connectivity index (χ0n) is 48.1. The van der Waals surface area contributed by atoms with Crippen molar-refractivity contribution in [2.45, 2.75) is 295 Å². The van der Waals surface area contributed by atoms with E-state index in [-0.39, 0.29) is 19.6 Å². The van der Waals surface area contributed by atoms with E-state index in [2.05, 4.69) is 90.9 Å². The molecule has 1 rings (SSSR count). The highest BCUT2D eigenvalue weighted by Gasteiger charge is 2.48. The molecule has 1 fully saturated rings. The van der Waals surface area contributed by atoms with Crippen molar-refractivity contribution < 1.29 is 56.2 Å². The summed E-state index contributed by atoms with van der Waals surface area (Å²) in [6.45, 7) is 3.91. The smallest absolute Gasteiger partial charge is 0.397 e. The van der Waals surface area contributed by atoms with Crippen LogP contribution in [-0.2, 0) is 38.3 Å². The molecule has 0 saturated carbocycles. The SMILES string of the molecule is CC/C=C\C/C=C\C/C=C\C/C=C\C/C=C\CCCCCCCCCCCC(=O)OC(COCCCCCCCCCCCCCC/C=C\CCCCCCCCCC)COC1OC(CO)C(O)C(OS(=O)(=O)O)C1O. The van der Waals surface area contributed by atoms with E-state index in [0.717, 1.165) is 77.0 Å². The Balaban J connectivity index is 2.28. The van der Waals surface area contributed by atoms with Crippen LogP contribution in [0.4, 0.5) is 0 Å². The lowest BCUT2D eigenvalue weighted by atomic mass is 9.99. The molecular formula is C63H112O12S. The number of ether oxygens (including phenoxy) is 4. The van der Waals surface area contributed by atoms with Crippen molar-refractivity contribution in [1.29, 1.82) is 0 Å². The third-order valence-electron chi connectivity index (χ3n) is 13.8. The number of allylic oxidation sites excluding steroid dienone is 12. The molecule has 0 aromatic carbocycles. The zero-order chi connectivity index (χ0) is 55.3. The second kappa shape index (κ2) is 53.2. The number of rotatable bonds is 54. The summed E-state index contributed by atoms with van der Waals surface area (Å²) in [4.78, 5) is 13.0. The highest BCUT2D eigenvalue weighted by Crippen LogP contribution is 2.26. The van der Waals surface area contributed by atoms with Gasteiger partial charge in [0.15, 0.2) is 6.29 Å². The van der Waals surface area contributed by atoms with Crippen LogP contribution in [0.5, 0.6) is 0 Å². The predicted octanol–water partition coefficient (Wildman–Crippen LogP) is 15.8. The van der Waals surface area contributed by atoms with Gasteiger partial charge in [0.05, 0.1) is 19.8 Å². The number of hydrogen-bond donors (Lipinski definition) is 4. The fourth-order valence-electron chi connectivity index (χ4n) is 9.23. The number of carbonyl (C=O) groups excluding carboxylic acids is 1. The minimum absolute atomic E-state index is 0.0317. The van der Waals surface area contributed by atoms with Gasteiger partial charge in [0, 0.05) is 13.0 Å². The molecule has 0 bridgehead atoms. The molecule has 1 heterocycles. The van der Waals surface area contributed by atoms with E-state index in [1.165, 1.54) is 154 Å². The number of unbranched alkanes of at least 4 members (excludes halogenated alkanes) is 29. The van der Waals surface area contributed by atoms with Gasteiger partial charge in [-0.3, -0.25) is 9.35 Å². The molecule has 13 heteroatoms. The number of hydrogen-bond acceptors (Lipinski definition) is 11. The van der Waals surface area contributed by atoms with Crippen molar-refractivity contribution in [2.75, 3.05) is 26.4 Å². The Bertz CT molecular complexity index is 1590. The molecule has 6 atom stereocenters. The monoisotopic (exact) mass is 1090 g/mol. The second-order valence-electron chi connectivity index (χ2n) is 20.9. The summed E-state index contributed by atoms with van der Waals surface area (Å²) in [6, 6.07) is 0. The predicted molar refractivity (Wildman–Crippen MR) is 312 cm³/mol. The molecule has 0 aliphatic carbocycles. The van der Waals surface area contributed by atoms with Crippen molar-refractivity contribution in [3.8, 4) is 0 Å². The fraction of sp³-hybridized carbons (Fsp3) is 0.794. The summed E-state index contributed by atoms with van der Waals surface area (Å²) < 4.78 is 59.5. The Morgan fingerprint density at radius 3 is 1.34 bits per heavy atom. The van der Waals surface area contributed by atoms with Crippen molar-refractivity contribution in [2.24, 2.45) is 0 Å². The molecule has 1 aliphatic heterocycles. The molecule has 4 N–H and O–H groups in total. The summed E-state index contributed by atoms with van der Waals surface area (Å²) in [6.07, 6.45) is 62.2. The summed E-state index contributed by atoms with van der Waals surface area (Å²) >= 11 is 0. The number of aliphatic hydroxyl groups excluding tert-OH is 3. The zero-order valence-corrected chi connectivity index (χ0v) is 48.9. The highest BCUT2D eigenvalue weighted by atomic mass is 32.3. The second-order valence-corrected chi connectivity index (χ2v) is 22.0. The highest BCUT2D eigenvalue weighted by molar-refractivity contribution is 7.80. The quantitative estimate of drug-likeness (QED) is 0.0196. The minimum Gasteiger partial charge on any atom is -0.457 e. The number of carbonyl (C=O) groups is 1. The van der Waals surface area contributed by atoms with E-state index in [9.17, 15) is 33.1 Å². The molecule has 0 amide bonds. The molecule has 1 aliphatic rings. The van der Waals surface area contributed by atoms with Crippen molar-refractivity contribution >= 4 is 16.4 Å². The third kappa shape index (κ3) is 45.4. The standard InChI is InChI=1S/C63H112O12S/c1-3-5-7-9-11-13-15-17-19-21-23-25-27-29-30-32-34-36-38-40-42-44-46-48-50-52-59(65)73-57(56-72-63-61(67)62(75-76(68,69)70)60(66)58(54-64)74-63)55-71-53-51-49-47-45-43-41-39-37-35-33-31-28-26-24-22-20-18-16-14-12-10-8-6-4-2/h5,7,11,13,17,19,22-25,29-30,57-58,60-64,66-67H,3-4,6,8-10,12,14-16,18,20-21,26-28,31-56H2,1-2H3,(H,68,69,70)/b7-5-,13-11-,19-17-,24-22-,25-23-,30-29-. The maximum absolute atomic E-state index is 13.0. The first-order chi connectivity index (χ1) is 37.1. The van der Waals surface area contributed by atoms with Gasteiger partial charge in [0.1, 0.15) is 30.5 Å². The van der Waals surface area contributed by atoms with Gasteiger partial charge in [0.25, 0.3) is 0 Å². The first kappa shape index (κ1) is 71.6. The Labute approximate surface area is 464 Å². The molecule has 0 spiro atoms. The van der Waals surface area contributed by atoms with Crippen molar-refractivity contribution in [3.05, 3.63) is 72.9 Å². The minimum atomic E-state index is -5.07. The lowest BCUT2D eigenvalue weighted by Crippen LogP contribution is -2.60. The summed E-state index contributed by atoms with van der Waals surface area (Å²) in [5, 5.41) is 30.9. The molecule has 442 valence electrons. The van der Waals surface area contributed by atoms with Gasteiger partial charge in [-0.2, -0.15) is 8.42 Å². The van der Waals surface area contributed by atoms with E-state index in [4.69, 9.17) is 18.9 Å². The average Bonchev–Trinajstić information content (AvgIpc) is 3.40. The van der Waals surface area contributed by atoms with Crippen LogP contribution in [0, 0.1) is 0 Å². The number of esters is 1. The molecule has 6 unspecified atom stereocenters. The maximum atomic E-state index is 13.0. The lowest BCUT2D eigenvalue weighted by Gasteiger charge is -2.41. The topological polar surface area (TPSA) is 178 Å².